The Kier molecular flexibility index (Phi) is 92.2. The number of esters is 14. The molecule has 0 amide bonds. The van der Waals surface area contributed by atoms with Gasteiger partial charge in [0.2, 0.25) is 0 Å². The number of unbranched alkanes of at least 4 members (excludes halogenated alkanes) is 6. The maximum absolute atomic E-state index is 11.6. The van der Waals surface area contributed by atoms with E-state index in [-0.39, 0.29) is 189 Å². The molecule has 0 aromatic carbocycles. The molecule has 0 radical (unpaired) electrons. The summed E-state index contributed by atoms with van der Waals surface area (Å²) in [6.07, 6.45) is 27.7. The van der Waals surface area contributed by atoms with Gasteiger partial charge < -0.3 is 66.3 Å². The molecule has 28 nitrogen and oxygen atoms in total. The third-order valence-corrected chi connectivity index (χ3v) is 31.1. The number of carbonyl (C=O) groups is 14. The quantitative estimate of drug-likeness (QED) is 0.0116. The van der Waals surface area contributed by atoms with Gasteiger partial charge in [-0.15, -0.1) is 0 Å². The maximum atomic E-state index is 11.6. The number of hydrogen-bond donors (Lipinski definition) is 14. The lowest BCUT2D eigenvalue weighted by Crippen LogP contribution is -2.43. The average molecular weight is 2400 g/mol. The summed E-state index contributed by atoms with van der Waals surface area (Å²) in [6.45, 7) is 47.5. The zero-order valence-corrected chi connectivity index (χ0v) is 108. The van der Waals surface area contributed by atoms with Crippen LogP contribution in [0.2, 0.25) is 0 Å². The van der Waals surface area contributed by atoms with Crippen LogP contribution in [0.5, 0.6) is 0 Å². The Morgan fingerprint density at radius 3 is 0.568 bits per heavy atom. The second-order valence-corrected chi connectivity index (χ2v) is 46.8. The van der Waals surface area contributed by atoms with E-state index >= 15 is 0 Å². The molecule has 0 spiro atoms. The van der Waals surface area contributed by atoms with Gasteiger partial charge in [0.05, 0.1) is 93.8 Å². The van der Waals surface area contributed by atoms with Gasteiger partial charge in [-0.05, 0) is 299 Å². The molecule has 0 aliphatic heterocycles. The smallest absolute Gasteiger partial charge is 0.316 e. The third-order valence-electron chi connectivity index (χ3n) is 25.5. The molecular weight excluding hydrogens is 2210 g/mol. The first-order valence-electron chi connectivity index (χ1n) is 51.6. The number of thiol groups is 14. The van der Waals surface area contributed by atoms with E-state index in [0.717, 1.165) is 203 Å². The Morgan fingerprint density at radius 1 is 0.196 bits per heavy atom. The fraction of sp³-hybridized carbons (Fsp3) is 0.865. The molecule has 0 N–H and O–H groups in total. The summed E-state index contributed by atoms with van der Waals surface area (Å²) in [6, 6.07) is 0. The van der Waals surface area contributed by atoms with Gasteiger partial charge in [-0.25, -0.2) is 0 Å². The Morgan fingerprint density at radius 2 is 0.358 bits per heavy atom. The van der Waals surface area contributed by atoms with Crippen molar-refractivity contribution in [2.45, 2.75) is 439 Å². The van der Waals surface area contributed by atoms with Gasteiger partial charge in [0, 0.05) is 12.8 Å². The summed E-state index contributed by atoms with van der Waals surface area (Å²) in [5.74, 6) is 1.36. The van der Waals surface area contributed by atoms with Crippen molar-refractivity contribution in [2.24, 2.45) is 11.8 Å². The zero-order valence-electron chi connectivity index (χ0n) is 93.4. The van der Waals surface area contributed by atoms with E-state index in [1.165, 1.54) is 0 Å². The molecule has 44 heteroatoms. The Balaban J connectivity index is -0.000000400. The summed E-state index contributed by atoms with van der Waals surface area (Å²) < 4.78 is 75.1. The van der Waals surface area contributed by atoms with Crippen LogP contribution in [0.3, 0.4) is 0 Å². The molecule has 1 fully saturated rings. The number of hydrogen-bond acceptors (Lipinski definition) is 44. The van der Waals surface area contributed by atoms with E-state index in [1.54, 1.807) is 25.6 Å². The van der Waals surface area contributed by atoms with Crippen molar-refractivity contribution in [3.05, 3.63) is 0 Å². The molecule has 872 valence electrons. The zero-order chi connectivity index (χ0) is 115. The van der Waals surface area contributed by atoms with Gasteiger partial charge in [-0.2, -0.15) is 200 Å². The SMILES string of the molecule is CC(C)(CCCCCCC(C)(C)OC(=O)CS)OC(=O)CS.CC(C)(CCOC(=O)CS)OC(=O)CS.CC(C)(CCSCCC(C)(C)OC(=O)CS)OC(=O)CS.CC(C)(OC(=O)CS)C1CCC(C(C)(C)OC(=O)CS)CC1.CCC(CC)(CCCCCCC(CC)(CC)OC(=O)CS)OC(=O)CS.CCC(CC)(CCOC(=O)CS)OC(=O)CS.CCC(CC)(CCSCCC(CC)(CC)OC(=O)CS)OC(=O)CS. The standard InChI is InChI=1S/C20H38O4S2.C18H34O4S3.C16H28O4S2.C16H30O4S2.C14H26O4S3.C11H20O4S2.C9H16O4S2/c1-5-19(6-2,23-17(21)15-25)13-11-9-10-12-14-20(7-3,8-4)24-18(22)16-26;1-5-17(6-2,21-15(19)13-23)9-11-25-12-10-18(7-3,8-4)22-16(20)14-24;1-15(2,19-13(17)9-21)11-5-7-12(8-6-11)16(3,4)20-14(18)10-22;1-15(2,19-13(17)11-21)9-7-5-6-8-10-16(3,4)20-14(18)12-22;1-13(2,17-11(15)9-19)5-7-21-8-6-14(3,4)18-12(16)10-20;1-3-11(4-2,15-10(13)8-17)5-6-14-9(12)7-16;1-9(2,13-8(11)6-15)3-4-12-7(10)5-14/h25-26H,5-16H2,1-4H3;23-24H,5-14H2,1-4H3;11-12,21-22H,5-10H2,1-4H3;21-22H,5-12H2,1-4H3;19-20H,5-10H2,1-4H3;16-17H,3-8H2,1-2H3;14-15H,3-6H2,1-2H3. The van der Waals surface area contributed by atoms with Gasteiger partial charge >= 0.3 is 83.6 Å². The van der Waals surface area contributed by atoms with Gasteiger partial charge in [-0.3, -0.25) is 67.1 Å². The van der Waals surface area contributed by atoms with Crippen molar-refractivity contribution in [2.75, 3.05) is 117 Å². The van der Waals surface area contributed by atoms with Crippen molar-refractivity contribution in [1.82, 2.24) is 0 Å². The van der Waals surface area contributed by atoms with Gasteiger partial charge in [0.25, 0.3) is 0 Å². The maximum Gasteiger partial charge on any atom is 0.316 e. The van der Waals surface area contributed by atoms with Crippen molar-refractivity contribution < 1.29 is 133 Å². The Hall–Kier alpha value is -1.82. The number of rotatable bonds is 70. The number of thioether (sulfide) groups is 2. The first-order valence-corrected chi connectivity index (χ1v) is 62.8. The molecule has 1 aliphatic rings. The minimum atomic E-state index is -0.642. The minimum Gasteiger partial charge on any atom is -0.465 e. The topological polar surface area (TPSA) is 368 Å². The molecule has 0 aromatic rings. The highest BCUT2D eigenvalue weighted by Crippen LogP contribution is 2.43. The van der Waals surface area contributed by atoms with Crippen LogP contribution in [0.15, 0.2) is 0 Å². The molecule has 0 saturated heterocycles. The summed E-state index contributed by atoms with van der Waals surface area (Å²) >= 11 is 58.3. The minimum absolute atomic E-state index is 0.0415. The van der Waals surface area contributed by atoms with Gasteiger partial charge in [-0.1, -0.05) is 94.9 Å². The van der Waals surface area contributed by atoms with Crippen molar-refractivity contribution in [3.8, 4) is 0 Å². The van der Waals surface area contributed by atoms with E-state index in [0.29, 0.717) is 37.5 Å². The van der Waals surface area contributed by atoms with Gasteiger partial charge in [0.15, 0.2) is 0 Å². The normalized spacial score (nSPS) is 13.5. The summed E-state index contributed by atoms with van der Waals surface area (Å²) in [4.78, 5) is 158. The lowest BCUT2D eigenvalue weighted by molar-refractivity contribution is -0.166. The molecule has 1 rings (SSSR count). The van der Waals surface area contributed by atoms with E-state index < -0.39 is 56.0 Å². The third kappa shape index (κ3) is 78.4. The van der Waals surface area contributed by atoms with E-state index in [2.05, 4.69) is 232 Å². The highest BCUT2D eigenvalue weighted by molar-refractivity contribution is 7.99. The highest BCUT2D eigenvalue weighted by Gasteiger charge is 2.43. The molecule has 148 heavy (non-hydrogen) atoms. The lowest BCUT2D eigenvalue weighted by atomic mass is 9.70. The number of carbonyl (C=O) groups excluding carboxylic acids is 14. The Bertz CT molecular complexity index is 3480. The van der Waals surface area contributed by atoms with Crippen LogP contribution < -0.4 is 0 Å². The molecule has 1 saturated carbocycles. The average Bonchev–Trinajstić information content (AvgIpc) is 0.806. The molecule has 0 unspecified atom stereocenters. The van der Waals surface area contributed by atoms with E-state index in [4.69, 9.17) is 66.3 Å². The van der Waals surface area contributed by atoms with Gasteiger partial charge in [0.1, 0.15) is 67.2 Å². The largest absolute Gasteiger partial charge is 0.465 e. The van der Waals surface area contributed by atoms with Crippen LogP contribution in [0.25, 0.3) is 0 Å². The van der Waals surface area contributed by atoms with Crippen LogP contribution in [0.4, 0.5) is 0 Å². The highest BCUT2D eigenvalue weighted by atomic mass is 32.2. The molecule has 0 heterocycles. The molecule has 1 aliphatic carbocycles. The molecule has 0 bridgehead atoms. The Labute approximate surface area is 976 Å². The number of ether oxygens (including phenoxy) is 14. The van der Waals surface area contributed by atoms with Crippen LogP contribution in [-0.2, 0) is 133 Å². The van der Waals surface area contributed by atoms with E-state index in [9.17, 15) is 67.1 Å². The molecule has 0 atom stereocenters. The fourth-order valence-electron chi connectivity index (χ4n) is 15.5. The lowest BCUT2D eigenvalue weighted by Gasteiger charge is -2.43. The second kappa shape index (κ2) is 87.1. The molecular formula is C104H192O28S16. The summed E-state index contributed by atoms with van der Waals surface area (Å²) in [5, 5.41) is 0. The van der Waals surface area contributed by atoms with Crippen LogP contribution in [0.1, 0.15) is 372 Å². The molecule has 0 aromatic heterocycles. The van der Waals surface area contributed by atoms with Crippen LogP contribution in [-0.4, -0.2) is 268 Å². The van der Waals surface area contributed by atoms with Crippen molar-refractivity contribution in [1.29, 1.82) is 0 Å². The van der Waals surface area contributed by atoms with Crippen molar-refractivity contribution >= 4 is 284 Å². The van der Waals surface area contributed by atoms with Crippen molar-refractivity contribution in [3.63, 3.8) is 0 Å². The predicted molar refractivity (Wildman–Crippen MR) is 647 cm³/mol. The monoisotopic (exact) mass is 2400 g/mol. The van der Waals surface area contributed by atoms with Crippen LogP contribution >= 0.6 is 200 Å². The fourth-order valence-corrected chi connectivity index (χ4v) is 19.2. The summed E-state index contributed by atoms with van der Waals surface area (Å²) in [7, 11) is 0. The van der Waals surface area contributed by atoms with E-state index in [1.807, 2.05) is 109 Å². The first kappa shape index (κ1) is 157. The summed E-state index contributed by atoms with van der Waals surface area (Å²) in [5.41, 5.74) is -5.43. The second-order valence-electron chi connectivity index (χ2n) is 39.9. The first-order chi connectivity index (χ1) is 69.0. The predicted octanol–water partition coefficient (Wildman–Crippen LogP) is 23.1. The van der Waals surface area contributed by atoms with Crippen LogP contribution in [0, 0.1) is 11.8 Å².